The van der Waals surface area contributed by atoms with E-state index < -0.39 is 0 Å². The minimum Gasteiger partial charge on any atom is -0.381 e. The summed E-state index contributed by atoms with van der Waals surface area (Å²) in [4.78, 5) is 0. The summed E-state index contributed by atoms with van der Waals surface area (Å²) in [6.07, 6.45) is 3.64. The summed E-state index contributed by atoms with van der Waals surface area (Å²) in [6, 6.07) is 0. The first-order chi connectivity index (χ1) is 6.54. The molecule has 0 fully saturated rings. The Labute approximate surface area is 91.2 Å². The van der Waals surface area contributed by atoms with Gasteiger partial charge >= 0.3 is 0 Å². The van der Waals surface area contributed by atoms with Crippen LogP contribution in [0, 0.1) is 11.8 Å². The molecular formula is C13H30O. The molecule has 88 valence electrons. The third kappa shape index (κ3) is 22.7. The van der Waals surface area contributed by atoms with Crippen LogP contribution in [-0.2, 0) is 4.74 Å². The van der Waals surface area contributed by atoms with Crippen molar-refractivity contribution >= 4 is 0 Å². The summed E-state index contributed by atoms with van der Waals surface area (Å²) < 4.78 is 5.46. The highest BCUT2D eigenvalue weighted by Crippen LogP contribution is 2.02. The van der Waals surface area contributed by atoms with E-state index in [2.05, 4.69) is 41.5 Å². The van der Waals surface area contributed by atoms with Gasteiger partial charge in [-0.15, -0.1) is 0 Å². The van der Waals surface area contributed by atoms with Crippen molar-refractivity contribution in [2.24, 2.45) is 11.8 Å². The molecule has 0 aromatic carbocycles. The molecule has 14 heavy (non-hydrogen) atoms. The second-order valence-corrected chi connectivity index (χ2v) is 4.68. The molecule has 1 nitrogen and oxygen atoms in total. The van der Waals surface area contributed by atoms with Gasteiger partial charge < -0.3 is 4.74 Å². The van der Waals surface area contributed by atoms with Gasteiger partial charge in [0, 0.05) is 13.2 Å². The summed E-state index contributed by atoms with van der Waals surface area (Å²) >= 11 is 0. The van der Waals surface area contributed by atoms with E-state index in [9.17, 15) is 0 Å². The first-order valence-corrected chi connectivity index (χ1v) is 6.12. The summed E-state index contributed by atoms with van der Waals surface area (Å²) in [6.45, 7) is 15.0. The minimum absolute atomic E-state index is 0.772. The maximum absolute atomic E-state index is 5.46. The Bertz CT molecular complexity index is 77.2. The van der Waals surface area contributed by atoms with Crippen molar-refractivity contribution in [3.05, 3.63) is 0 Å². The molecule has 0 saturated heterocycles. The van der Waals surface area contributed by atoms with Gasteiger partial charge in [0.2, 0.25) is 0 Å². The summed E-state index contributed by atoms with van der Waals surface area (Å²) in [5.74, 6) is 1.54. The third-order valence-corrected chi connectivity index (χ3v) is 1.68. The highest BCUT2D eigenvalue weighted by molar-refractivity contribution is 4.45. The highest BCUT2D eigenvalue weighted by Gasteiger charge is 1.95. The smallest absolute Gasteiger partial charge is 0.0468 e. The molecule has 0 aromatic heterocycles. The topological polar surface area (TPSA) is 9.23 Å². The molecule has 0 aliphatic rings. The Morgan fingerprint density at radius 1 is 0.786 bits per heavy atom. The van der Waals surface area contributed by atoms with Gasteiger partial charge in [-0.05, 0) is 24.7 Å². The number of hydrogen-bond acceptors (Lipinski definition) is 1. The average molecular weight is 202 g/mol. The van der Waals surface area contributed by atoms with Crippen molar-refractivity contribution in [2.45, 2.75) is 60.8 Å². The normalized spacial score (nSPS) is 10.3. The van der Waals surface area contributed by atoms with E-state index in [4.69, 9.17) is 4.74 Å². The van der Waals surface area contributed by atoms with Gasteiger partial charge in [0.1, 0.15) is 0 Å². The molecule has 0 saturated carbocycles. The lowest BCUT2D eigenvalue weighted by atomic mass is 10.1. The fourth-order valence-electron chi connectivity index (χ4n) is 0.740. The van der Waals surface area contributed by atoms with E-state index in [1.807, 2.05) is 0 Å². The van der Waals surface area contributed by atoms with Crippen molar-refractivity contribution in [1.82, 2.24) is 0 Å². The second-order valence-electron chi connectivity index (χ2n) is 4.68. The van der Waals surface area contributed by atoms with Crippen molar-refractivity contribution in [1.29, 1.82) is 0 Å². The Morgan fingerprint density at radius 3 is 1.29 bits per heavy atom. The van der Waals surface area contributed by atoms with Crippen LogP contribution in [0.25, 0.3) is 0 Å². The summed E-state index contributed by atoms with van der Waals surface area (Å²) in [5, 5.41) is 0. The van der Waals surface area contributed by atoms with E-state index in [1.165, 1.54) is 19.3 Å². The Balaban J connectivity index is 0. The van der Waals surface area contributed by atoms with Gasteiger partial charge in [-0.3, -0.25) is 0 Å². The van der Waals surface area contributed by atoms with Gasteiger partial charge in [-0.25, -0.2) is 0 Å². The van der Waals surface area contributed by atoms with Crippen LogP contribution in [-0.4, -0.2) is 13.2 Å². The van der Waals surface area contributed by atoms with E-state index >= 15 is 0 Å². The van der Waals surface area contributed by atoms with Crippen LogP contribution in [0.5, 0.6) is 0 Å². The predicted octanol–water partition coefficient (Wildman–Crippen LogP) is 4.51. The maximum Gasteiger partial charge on any atom is 0.0468 e. The van der Waals surface area contributed by atoms with Gasteiger partial charge in [0.05, 0.1) is 0 Å². The van der Waals surface area contributed by atoms with Crippen LogP contribution in [0.15, 0.2) is 0 Å². The molecule has 0 rings (SSSR count). The van der Waals surface area contributed by atoms with E-state index in [-0.39, 0.29) is 0 Å². The van der Waals surface area contributed by atoms with E-state index in [0.717, 1.165) is 25.0 Å². The Morgan fingerprint density at radius 2 is 1.07 bits per heavy atom. The van der Waals surface area contributed by atoms with Crippen molar-refractivity contribution in [3.8, 4) is 0 Å². The van der Waals surface area contributed by atoms with Crippen molar-refractivity contribution in [2.75, 3.05) is 13.2 Å². The standard InChI is InChI=1S/C10H22O.C3H8/c1-9(2)5-7-11-8-6-10(3)4;1-3-2/h9-10H,5-8H2,1-4H3;3H2,1-2H3. The lowest BCUT2D eigenvalue weighted by Crippen LogP contribution is -2.02. The van der Waals surface area contributed by atoms with Crippen LogP contribution in [0.3, 0.4) is 0 Å². The molecule has 0 heterocycles. The molecule has 1 heteroatoms. The van der Waals surface area contributed by atoms with Crippen LogP contribution in [0.1, 0.15) is 60.8 Å². The maximum atomic E-state index is 5.46. The zero-order chi connectivity index (χ0) is 11.4. The predicted molar refractivity (Wildman–Crippen MR) is 65.7 cm³/mol. The fraction of sp³-hybridized carbons (Fsp3) is 1.00. The molecule has 0 amide bonds. The first-order valence-electron chi connectivity index (χ1n) is 6.12. The van der Waals surface area contributed by atoms with Crippen LogP contribution in [0.2, 0.25) is 0 Å². The Hall–Kier alpha value is -0.0400. The molecule has 0 aliphatic carbocycles. The summed E-state index contributed by atoms with van der Waals surface area (Å²) in [5.41, 5.74) is 0. The SMILES string of the molecule is CC(C)CCOCCC(C)C.CCC. The molecule has 0 spiro atoms. The molecule has 0 unspecified atom stereocenters. The second kappa shape index (κ2) is 13.0. The zero-order valence-corrected chi connectivity index (χ0v) is 11.1. The molecule has 0 radical (unpaired) electrons. The largest absolute Gasteiger partial charge is 0.381 e. The van der Waals surface area contributed by atoms with Gasteiger partial charge in [-0.2, -0.15) is 0 Å². The van der Waals surface area contributed by atoms with Crippen molar-refractivity contribution < 1.29 is 4.74 Å². The Kier molecular flexibility index (Phi) is 15.2. The van der Waals surface area contributed by atoms with Gasteiger partial charge in [0.15, 0.2) is 0 Å². The molecular weight excluding hydrogens is 172 g/mol. The molecule has 0 N–H and O–H groups in total. The van der Waals surface area contributed by atoms with Gasteiger partial charge in [0.25, 0.3) is 0 Å². The average Bonchev–Trinajstić information content (AvgIpc) is 2.04. The van der Waals surface area contributed by atoms with E-state index in [0.29, 0.717) is 0 Å². The minimum atomic E-state index is 0.772. The molecule has 0 aliphatic heterocycles. The number of hydrogen-bond donors (Lipinski definition) is 0. The van der Waals surface area contributed by atoms with Crippen LogP contribution < -0.4 is 0 Å². The molecule has 0 atom stereocenters. The number of rotatable bonds is 6. The zero-order valence-electron chi connectivity index (χ0n) is 11.1. The lowest BCUT2D eigenvalue weighted by molar-refractivity contribution is 0.114. The molecule has 0 aromatic rings. The quantitative estimate of drug-likeness (QED) is 0.576. The fourth-order valence-corrected chi connectivity index (χ4v) is 0.740. The van der Waals surface area contributed by atoms with Crippen LogP contribution in [0.4, 0.5) is 0 Å². The van der Waals surface area contributed by atoms with Crippen molar-refractivity contribution in [3.63, 3.8) is 0 Å². The summed E-state index contributed by atoms with van der Waals surface area (Å²) in [7, 11) is 0. The van der Waals surface area contributed by atoms with Crippen LogP contribution >= 0.6 is 0 Å². The molecule has 0 bridgehead atoms. The monoisotopic (exact) mass is 202 g/mol. The first kappa shape index (κ1) is 16.4. The number of ether oxygens (including phenoxy) is 1. The lowest BCUT2D eigenvalue weighted by Gasteiger charge is -2.07. The van der Waals surface area contributed by atoms with Gasteiger partial charge in [-0.1, -0.05) is 48.0 Å². The third-order valence-electron chi connectivity index (χ3n) is 1.68. The van der Waals surface area contributed by atoms with E-state index in [1.54, 1.807) is 0 Å². The highest BCUT2D eigenvalue weighted by atomic mass is 16.5.